The van der Waals surface area contributed by atoms with Gasteiger partial charge in [0, 0.05) is 12.6 Å². The molecular weight excluding hydrogens is 169 g/mol. The number of likely N-dealkylation sites (tertiary alicyclic amines) is 1. The number of hydrogen-bond donors (Lipinski definition) is 0. The Morgan fingerprint density at radius 3 is 2.69 bits per heavy atom. The van der Waals surface area contributed by atoms with E-state index in [-0.39, 0.29) is 5.91 Å². The zero-order valence-corrected chi connectivity index (χ0v) is 8.22. The highest BCUT2D eigenvalue weighted by Gasteiger charge is 2.48. The molecule has 0 bridgehead atoms. The van der Waals surface area contributed by atoms with Crippen LogP contribution in [0.3, 0.4) is 0 Å². The number of carbonyl (C=O) groups excluding carboxylic acids is 1. The topological polar surface area (TPSA) is 20.3 Å². The molecule has 2 aliphatic rings. The van der Waals surface area contributed by atoms with Gasteiger partial charge in [0.15, 0.2) is 5.67 Å². The third-order valence-electron chi connectivity index (χ3n) is 3.22. The quantitative estimate of drug-likeness (QED) is 0.609. The summed E-state index contributed by atoms with van der Waals surface area (Å²) in [5, 5.41) is 0. The molecule has 2 atom stereocenters. The van der Waals surface area contributed by atoms with Crippen molar-refractivity contribution in [1.29, 1.82) is 0 Å². The Hall–Kier alpha value is -0.600. The number of halogens is 1. The second-order valence-electron chi connectivity index (χ2n) is 4.69. The van der Waals surface area contributed by atoms with Crippen LogP contribution < -0.4 is 0 Å². The van der Waals surface area contributed by atoms with Gasteiger partial charge in [-0.1, -0.05) is 6.42 Å². The lowest BCUT2D eigenvalue weighted by molar-refractivity contribution is -0.153. The largest absolute Gasteiger partial charge is 0.336 e. The molecule has 0 radical (unpaired) electrons. The minimum Gasteiger partial charge on any atom is -0.336 e. The number of rotatable bonds is 1. The van der Waals surface area contributed by atoms with Gasteiger partial charge in [-0.05, 0) is 32.6 Å². The zero-order valence-electron chi connectivity index (χ0n) is 8.22. The first-order chi connectivity index (χ1) is 6.00. The minimum atomic E-state index is -1.69. The van der Waals surface area contributed by atoms with E-state index in [1.165, 1.54) is 26.7 Å². The lowest BCUT2D eigenvalue weighted by atomic mass is 9.90. The molecule has 3 heteroatoms. The maximum Gasteiger partial charge on any atom is 0.259 e. The van der Waals surface area contributed by atoms with Crippen LogP contribution in [0.15, 0.2) is 0 Å². The van der Waals surface area contributed by atoms with Gasteiger partial charge in [0.05, 0.1) is 0 Å². The van der Waals surface area contributed by atoms with Crippen LogP contribution in [0.1, 0.15) is 33.1 Å². The van der Waals surface area contributed by atoms with Crippen molar-refractivity contribution in [2.75, 3.05) is 6.54 Å². The summed E-state index contributed by atoms with van der Waals surface area (Å²) >= 11 is 0. The summed E-state index contributed by atoms with van der Waals surface area (Å²) in [6.45, 7) is 3.48. The van der Waals surface area contributed by atoms with Gasteiger partial charge < -0.3 is 4.90 Å². The van der Waals surface area contributed by atoms with E-state index in [9.17, 15) is 9.18 Å². The molecule has 0 spiro atoms. The van der Waals surface area contributed by atoms with E-state index in [0.717, 1.165) is 13.0 Å². The van der Waals surface area contributed by atoms with Gasteiger partial charge in [0.25, 0.3) is 5.91 Å². The number of amides is 1. The van der Waals surface area contributed by atoms with Gasteiger partial charge in [-0.2, -0.15) is 0 Å². The molecule has 1 saturated carbocycles. The molecule has 0 N–H and O–H groups in total. The second kappa shape index (κ2) is 2.69. The maximum absolute atomic E-state index is 13.3. The molecule has 2 fully saturated rings. The summed E-state index contributed by atoms with van der Waals surface area (Å²) in [6, 6.07) is 0.363. The average molecular weight is 185 g/mol. The number of hydrogen-bond acceptors (Lipinski definition) is 1. The van der Waals surface area contributed by atoms with Crippen molar-refractivity contribution in [3.8, 4) is 0 Å². The van der Waals surface area contributed by atoms with E-state index in [1.54, 1.807) is 4.90 Å². The summed E-state index contributed by atoms with van der Waals surface area (Å²) in [4.78, 5) is 13.3. The van der Waals surface area contributed by atoms with Crippen LogP contribution >= 0.6 is 0 Å². The molecule has 2 rings (SSSR count). The van der Waals surface area contributed by atoms with Crippen LogP contribution in [0.4, 0.5) is 4.39 Å². The first-order valence-corrected chi connectivity index (χ1v) is 5.00. The van der Waals surface area contributed by atoms with E-state index < -0.39 is 5.67 Å². The Bertz CT molecular complexity index is 234. The van der Waals surface area contributed by atoms with Gasteiger partial charge in [0.1, 0.15) is 0 Å². The van der Waals surface area contributed by atoms with Crippen molar-refractivity contribution in [3.05, 3.63) is 0 Å². The van der Waals surface area contributed by atoms with Crippen LogP contribution in [0.5, 0.6) is 0 Å². The summed E-state index contributed by atoms with van der Waals surface area (Å²) in [6.07, 6.45) is 3.50. The van der Waals surface area contributed by atoms with Crippen LogP contribution in [0, 0.1) is 5.92 Å². The monoisotopic (exact) mass is 185 g/mol. The molecular formula is C10H16FNO. The highest BCUT2D eigenvalue weighted by molar-refractivity contribution is 5.85. The first kappa shape index (κ1) is 8.97. The second-order valence-corrected chi connectivity index (χ2v) is 4.69. The smallest absolute Gasteiger partial charge is 0.259 e. The van der Waals surface area contributed by atoms with Crippen molar-refractivity contribution in [2.24, 2.45) is 5.92 Å². The van der Waals surface area contributed by atoms with Crippen molar-refractivity contribution >= 4 is 5.91 Å². The molecule has 2 unspecified atom stereocenters. The van der Waals surface area contributed by atoms with Crippen LogP contribution in [-0.4, -0.2) is 29.1 Å². The highest BCUT2D eigenvalue weighted by atomic mass is 19.1. The van der Waals surface area contributed by atoms with Crippen molar-refractivity contribution in [2.45, 2.75) is 44.8 Å². The number of fused-ring (bicyclic) bond motifs is 1. The first-order valence-electron chi connectivity index (χ1n) is 5.00. The SMILES string of the molecule is CC(C)(F)C(=O)N1CC2CCCC21. The fraction of sp³-hybridized carbons (Fsp3) is 0.900. The van der Waals surface area contributed by atoms with E-state index in [0.29, 0.717) is 12.0 Å². The molecule has 1 aliphatic heterocycles. The fourth-order valence-electron chi connectivity index (χ4n) is 2.47. The van der Waals surface area contributed by atoms with Gasteiger partial charge in [0.2, 0.25) is 0 Å². The molecule has 13 heavy (non-hydrogen) atoms. The average Bonchev–Trinajstić information content (AvgIpc) is 2.30. The Labute approximate surface area is 78.1 Å². The molecule has 2 nitrogen and oxygen atoms in total. The Morgan fingerprint density at radius 2 is 2.15 bits per heavy atom. The third-order valence-corrected chi connectivity index (χ3v) is 3.22. The van der Waals surface area contributed by atoms with E-state index in [2.05, 4.69) is 0 Å². The normalized spacial score (nSPS) is 32.7. The molecule has 1 heterocycles. The molecule has 0 aromatic rings. The fourth-order valence-corrected chi connectivity index (χ4v) is 2.47. The Balaban J connectivity index is 2.00. The molecule has 74 valence electrons. The Kier molecular flexibility index (Phi) is 1.86. The lowest BCUT2D eigenvalue weighted by Crippen LogP contribution is -2.59. The van der Waals surface area contributed by atoms with Crippen molar-refractivity contribution < 1.29 is 9.18 Å². The number of carbonyl (C=O) groups is 1. The van der Waals surface area contributed by atoms with Gasteiger partial charge in [-0.3, -0.25) is 4.79 Å². The molecule has 0 aromatic carbocycles. The summed E-state index contributed by atoms with van der Waals surface area (Å²) in [5.74, 6) is 0.349. The predicted octanol–water partition coefficient (Wildman–Crippen LogP) is 1.75. The third kappa shape index (κ3) is 1.34. The van der Waals surface area contributed by atoms with Crippen molar-refractivity contribution in [1.82, 2.24) is 4.90 Å². The summed E-state index contributed by atoms with van der Waals surface area (Å²) in [5.41, 5.74) is -1.69. The Morgan fingerprint density at radius 1 is 1.46 bits per heavy atom. The molecule has 1 saturated heterocycles. The van der Waals surface area contributed by atoms with E-state index in [4.69, 9.17) is 0 Å². The van der Waals surface area contributed by atoms with E-state index >= 15 is 0 Å². The number of alkyl halides is 1. The van der Waals surface area contributed by atoms with Crippen molar-refractivity contribution in [3.63, 3.8) is 0 Å². The molecule has 1 aliphatic carbocycles. The van der Waals surface area contributed by atoms with E-state index in [1.807, 2.05) is 0 Å². The highest BCUT2D eigenvalue weighted by Crippen LogP contribution is 2.40. The van der Waals surface area contributed by atoms with Gasteiger partial charge in [-0.25, -0.2) is 4.39 Å². The predicted molar refractivity (Wildman–Crippen MR) is 48.0 cm³/mol. The lowest BCUT2D eigenvalue weighted by Gasteiger charge is -2.46. The summed E-state index contributed by atoms with van der Waals surface area (Å²) in [7, 11) is 0. The summed E-state index contributed by atoms with van der Waals surface area (Å²) < 4.78 is 13.3. The minimum absolute atomic E-state index is 0.323. The molecule has 1 amide bonds. The molecule has 0 aromatic heterocycles. The van der Waals surface area contributed by atoms with Crippen LogP contribution in [0.2, 0.25) is 0 Å². The van der Waals surface area contributed by atoms with Crippen LogP contribution in [-0.2, 0) is 4.79 Å². The van der Waals surface area contributed by atoms with Gasteiger partial charge >= 0.3 is 0 Å². The van der Waals surface area contributed by atoms with Gasteiger partial charge in [-0.15, -0.1) is 0 Å². The zero-order chi connectivity index (χ0) is 9.64. The number of nitrogens with zero attached hydrogens (tertiary/aromatic N) is 1. The standard InChI is InChI=1S/C10H16FNO/c1-10(2,11)9(13)12-6-7-4-3-5-8(7)12/h7-8H,3-6H2,1-2H3. The maximum atomic E-state index is 13.3. The van der Waals surface area contributed by atoms with Crippen LogP contribution in [0.25, 0.3) is 0 Å².